The third-order valence-electron chi connectivity index (χ3n) is 2.35. The van der Waals surface area contributed by atoms with E-state index in [1.54, 1.807) is 0 Å². The van der Waals surface area contributed by atoms with Crippen molar-refractivity contribution in [3.8, 4) is 0 Å². The van der Waals surface area contributed by atoms with Crippen molar-refractivity contribution in [2.24, 2.45) is 0 Å². The Labute approximate surface area is 86.5 Å². The van der Waals surface area contributed by atoms with Crippen LogP contribution in [0.25, 0.3) is 0 Å². The zero-order valence-electron chi connectivity index (χ0n) is 8.60. The van der Waals surface area contributed by atoms with Crippen LogP contribution in [0.2, 0.25) is 0 Å². The summed E-state index contributed by atoms with van der Waals surface area (Å²) in [6.07, 6.45) is -0.174. The van der Waals surface area contributed by atoms with Crippen LogP contribution in [0.15, 0.2) is 6.07 Å². The molecule has 1 aromatic rings. The van der Waals surface area contributed by atoms with Gasteiger partial charge in [0.25, 0.3) is 0 Å². The molecule has 0 radical (unpaired) electrons. The summed E-state index contributed by atoms with van der Waals surface area (Å²) >= 11 is 0. The van der Waals surface area contributed by atoms with Gasteiger partial charge >= 0.3 is 5.97 Å². The van der Waals surface area contributed by atoms with E-state index in [2.05, 4.69) is 0 Å². The van der Waals surface area contributed by atoms with Gasteiger partial charge in [-0.05, 0) is 43.0 Å². The second-order valence-electron chi connectivity index (χ2n) is 3.49. The van der Waals surface area contributed by atoms with Gasteiger partial charge in [0.05, 0.1) is 0 Å². The highest BCUT2D eigenvalue weighted by Gasteiger charge is 2.14. The van der Waals surface area contributed by atoms with E-state index >= 15 is 0 Å². The Morgan fingerprint density at radius 2 is 2.00 bits per heavy atom. The lowest BCUT2D eigenvalue weighted by Gasteiger charge is -2.09. The summed E-state index contributed by atoms with van der Waals surface area (Å²) in [5, 5.41) is 8.48. The van der Waals surface area contributed by atoms with Crippen molar-refractivity contribution >= 4 is 5.97 Å². The standard InChI is InChI=1S/C11H12F2O2/c1-6-5-9(12)7(2)8(11(6)13)3-4-10(14)15/h5H,3-4H2,1-2H3,(H,14,15). The fourth-order valence-corrected chi connectivity index (χ4v) is 1.44. The number of aliphatic carboxylic acids is 1. The Morgan fingerprint density at radius 3 is 2.53 bits per heavy atom. The van der Waals surface area contributed by atoms with Gasteiger partial charge in [-0.25, -0.2) is 8.78 Å². The molecule has 1 rings (SSSR count). The van der Waals surface area contributed by atoms with Crippen LogP contribution in [0.3, 0.4) is 0 Å². The molecule has 0 aliphatic carbocycles. The number of carbonyl (C=O) groups is 1. The summed E-state index contributed by atoms with van der Waals surface area (Å²) in [4.78, 5) is 10.3. The second kappa shape index (κ2) is 4.38. The molecule has 0 aliphatic rings. The van der Waals surface area contributed by atoms with Crippen molar-refractivity contribution in [3.05, 3.63) is 34.4 Å². The van der Waals surface area contributed by atoms with Crippen LogP contribution in [0.4, 0.5) is 8.78 Å². The molecular weight excluding hydrogens is 202 g/mol. The minimum absolute atomic E-state index is 0.0194. The number of carboxylic acids is 1. The molecule has 0 bridgehead atoms. The van der Waals surface area contributed by atoms with Crippen LogP contribution >= 0.6 is 0 Å². The quantitative estimate of drug-likeness (QED) is 0.839. The van der Waals surface area contributed by atoms with Crippen molar-refractivity contribution in [2.75, 3.05) is 0 Å². The van der Waals surface area contributed by atoms with Crippen molar-refractivity contribution in [3.63, 3.8) is 0 Å². The Bertz CT molecular complexity index is 374. The molecule has 0 spiro atoms. The van der Waals surface area contributed by atoms with E-state index < -0.39 is 17.6 Å². The minimum atomic E-state index is -1.02. The molecule has 82 valence electrons. The molecule has 0 aromatic heterocycles. The van der Waals surface area contributed by atoms with Crippen molar-refractivity contribution in [2.45, 2.75) is 26.7 Å². The smallest absolute Gasteiger partial charge is 0.303 e. The van der Waals surface area contributed by atoms with E-state index in [-0.39, 0.29) is 29.5 Å². The van der Waals surface area contributed by atoms with Crippen LogP contribution < -0.4 is 0 Å². The maximum absolute atomic E-state index is 13.5. The number of carboxylic acid groups (broad SMARTS) is 1. The van der Waals surface area contributed by atoms with Crippen LogP contribution in [0.1, 0.15) is 23.1 Å². The van der Waals surface area contributed by atoms with E-state index in [0.717, 1.165) is 6.07 Å². The average Bonchev–Trinajstić information content (AvgIpc) is 2.14. The predicted octanol–water partition coefficient (Wildman–Crippen LogP) is 2.60. The first-order valence-electron chi connectivity index (χ1n) is 4.59. The van der Waals surface area contributed by atoms with Gasteiger partial charge < -0.3 is 5.11 Å². The number of hydrogen-bond acceptors (Lipinski definition) is 1. The molecule has 0 aliphatic heterocycles. The van der Waals surface area contributed by atoms with Gasteiger partial charge in [0.2, 0.25) is 0 Å². The highest BCUT2D eigenvalue weighted by molar-refractivity contribution is 5.67. The molecule has 1 N–H and O–H groups in total. The lowest BCUT2D eigenvalue weighted by atomic mass is 10.00. The second-order valence-corrected chi connectivity index (χ2v) is 3.49. The van der Waals surface area contributed by atoms with E-state index in [1.165, 1.54) is 13.8 Å². The zero-order chi connectivity index (χ0) is 11.6. The van der Waals surface area contributed by atoms with E-state index in [4.69, 9.17) is 5.11 Å². The summed E-state index contributed by atoms with van der Waals surface area (Å²) in [7, 11) is 0. The third kappa shape index (κ3) is 2.52. The van der Waals surface area contributed by atoms with Gasteiger partial charge in [-0.2, -0.15) is 0 Å². The highest BCUT2D eigenvalue weighted by Crippen LogP contribution is 2.21. The van der Waals surface area contributed by atoms with Gasteiger partial charge in [0, 0.05) is 6.42 Å². The molecule has 0 fully saturated rings. The van der Waals surface area contributed by atoms with Gasteiger partial charge in [0.15, 0.2) is 0 Å². The Morgan fingerprint density at radius 1 is 1.40 bits per heavy atom. The lowest BCUT2D eigenvalue weighted by Crippen LogP contribution is -2.04. The molecular formula is C11H12F2O2. The topological polar surface area (TPSA) is 37.3 Å². The number of hydrogen-bond donors (Lipinski definition) is 1. The fourth-order valence-electron chi connectivity index (χ4n) is 1.44. The fraction of sp³-hybridized carbons (Fsp3) is 0.364. The van der Waals surface area contributed by atoms with Crippen LogP contribution in [0, 0.1) is 25.5 Å². The first kappa shape index (κ1) is 11.6. The van der Waals surface area contributed by atoms with Gasteiger partial charge in [-0.15, -0.1) is 0 Å². The molecule has 2 nitrogen and oxygen atoms in total. The van der Waals surface area contributed by atoms with E-state index in [9.17, 15) is 13.6 Å². The zero-order valence-corrected chi connectivity index (χ0v) is 8.60. The van der Waals surface area contributed by atoms with Crippen molar-refractivity contribution < 1.29 is 18.7 Å². The Hall–Kier alpha value is -1.45. The number of halogens is 2. The van der Waals surface area contributed by atoms with Crippen LogP contribution in [0.5, 0.6) is 0 Å². The normalized spacial score (nSPS) is 10.4. The van der Waals surface area contributed by atoms with Crippen LogP contribution in [-0.4, -0.2) is 11.1 Å². The lowest BCUT2D eigenvalue weighted by molar-refractivity contribution is -0.136. The summed E-state index contributed by atoms with van der Waals surface area (Å²) in [5.74, 6) is -2.01. The molecule has 0 saturated heterocycles. The van der Waals surface area contributed by atoms with Gasteiger partial charge in [-0.3, -0.25) is 4.79 Å². The monoisotopic (exact) mass is 214 g/mol. The molecule has 1 aromatic carbocycles. The van der Waals surface area contributed by atoms with E-state index in [1.807, 2.05) is 0 Å². The number of benzene rings is 1. The van der Waals surface area contributed by atoms with Gasteiger partial charge in [-0.1, -0.05) is 0 Å². The molecule has 15 heavy (non-hydrogen) atoms. The van der Waals surface area contributed by atoms with Gasteiger partial charge in [0.1, 0.15) is 11.6 Å². The molecule has 0 heterocycles. The number of aryl methyl sites for hydroxylation is 1. The third-order valence-corrected chi connectivity index (χ3v) is 2.35. The summed E-state index contributed by atoms with van der Waals surface area (Å²) in [6, 6.07) is 1.12. The predicted molar refractivity (Wildman–Crippen MR) is 51.8 cm³/mol. The summed E-state index contributed by atoms with van der Waals surface area (Å²) < 4.78 is 26.8. The first-order chi connectivity index (χ1) is 6.93. The summed E-state index contributed by atoms with van der Waals surface area (Å²) in [5.41, 5.74) is 0.563. The largest absolute Gasteiger partial charge is 0.481 e. The first-order valence-corrected chi connectivity index (χ1v) is 4.59. The van der Waals surface area contributed by atoms with Crippen molar-refractivity contribution in [1.82, 2.24) is 0 Å². The van der Waals surface area contributed by atoms with Crippen molar-refractivity contribution in [1.29, 1.82) is 0 Å². The molecule has 4 heteroatoms. The summed E-state index contributed by atoms with van der Waals surface area (Å²) in [6.45, 7) is 2.91. The number of rotatable bonds is 3. The van der Waals surface area contributed by atoms with E-state index in [0.29, 0.717) is 0 Å². The Balaban J connectivity index is 3.09. The highest BCUT2D eigenvalue weighted by atomic mass is 19.1. The maximum Gasteiger partial charge on any atom is 0.303 e. The molecule has 0 unspecified atom stereocenters. The molecule has 0 atom stereocenters. The average molecular weight is 214 g/mol. The Kier molecular flexibility index (Phi) is 3.39. The SMILES string of the molecule is Cc1cc(F)c(C)c(CCC(=O)O)c1F. The molecule has 0 saturated carbocycles. The maximum atomic E-state index is 13.5. The molecule has 0 amide bonds. The van der Waals surface area contributed by atoms with Crippen LogP contribution in [-0.2, 0) is 11.2 Å². The minimum Gasteiger partial charge on any atom is -0.481 e.